The van der Waals surface area contributed by atoms with Crippen LogP contribution in [0.25, 0.3) is 0 Å². The number of benzene rings is 1. The van der Waals surface area contributed by atoms with Gasteiger partial charge in [0.05, 0.1) is 13.2 Å². The Labute approximate surface area is 133 Å². The number of nitrogens with one attached hydrogen (secondary N) is 1. The lowest BCUT2D eigenvalue weighted by atomic mass is 9.99. The predicted molar refractivity (Wildman–Crippen MR) is 89.0 cm³/mol. The van der Waals surface area contributed by atoms with E-state index < -0.39 is 0 Å². The zero-order chi connectivity index (χ0) is 15.9. The summed E-state index contributed by atoms with van der Waals surface area (Å²) in [5, 5.41) is 3.11. The second-order valence-electron chi connectivity index (χ2n) is 6.13. The number of methoxy groups -OCH3 is 1. The van der Waals surface area contributed by atoms with Gasteiger partial charge in [-0.2, -0.15) is 0 Å². The third-order valence-corrected chi connectivity index (χ3v) is 4.47. The van der Waals surface area contributed by atoms with E-state index in [1.807, 2.05) is 26.1 Å². The molecule has 22 heavy (non-hydrogen) atoms. The summed E-state index contributed by atoms with van der Waals surface area (Å²) in [6.07, 6.45) is 4.53. The average molecular weight is 304 g/mol. The van der Waals surface area contributed by atoms with Crippen molar-refractivity contribution in [2.45, 2.75) is 38.6 Å². The third kappa shape index (κ3) is 4.01. The van der Waals surface area contributed by atoms with Crippen LogP contribution in [0.1, 0.15) is 44.2 Å². The van der Waals surface area contributed by atoms with Crippen molar-refractivity contribution < 1.29 is 9.53 Å². The maximum Gasteiger partial charge on any atom is 0.227 e. The minimum absolute atomic E-state index is 0.0175. The topological polar surface area (TPSA) is 41.6 Å². The monoisotopic (exact) mass is 304 g/mol. The predicted octanol–water partition coefficient (Wildman–Crippen LogP) is 2.99. The Hall–Kier alpha value is -1.55. The Morgan fingerprint density at radius 3 is 2.68 bits per heavy atom. The van der Waals surface area contributed by atoms with Crippen LogP contribution < -0.4 is 10.1 Å². The van der Waals surface area contributed by atoms with Crippen molar-refractivity contribution in [3.05, 3.63) is 29.8 Å². The van der Waals surface area contributed by atoms with E-state index in [4.69, 9.17) is 4.74 Å². The standard InChI is InChI=1S/C18H28N2O2/c1-14(13-19-2)18(21)20-12-6-4-5-7-17(20)15-8-10-16(22-3)11-9-15/h8-11,14,17,19H,4-7,12-13H2,1-3H3. The number of hydrogen-bond donors (Lipinski definition) is 1. The van der Waals surface area contributed by atoms with Crippen LogP contribution in [0.15, 0.2) is 24.3 Å². The number of amides is 1. The number of nitrogens with zero attached hydrogens (tertiary/aromatic N) is 1. The quantitative estimate of drug-likeness (QED) is 0.909. The first-order chi connectivity index (χ1) is 10.7. The highest BCUT2D eigenvalue weighted by atomic mass is 16.5. The molecule has 4 nitrogen and oxygen atoms in total. The molecule has 2 atom stereocenters. The van der Waals surface area contributed by atoms with Gasteiger partial charge in [0.25, 0.3) is 0 Å². The van der Waals surface area contributed by atoms with E-state index in [0.717, 1.165) is 31.7 Å². The Morgan fingerprint density at radius 1 is 1.32 bits per heavy atom. The van der Waals surface area contributed by atoms with Crippen molar-refractivity contribution in [1.29, 1.82) is 0 Å². The van der Waals surface area contributed by atoms with E-state index in [2.05, 4.69) is 22.3 Å². The summed E-state index contributed by atoms with van der Waals surface area (Å²) in [5.74, 6) is 1.14. The summed E-state index contributed by atoms with van der Waals surface area (Å²) in [7, 11) is 3.57. The molecule has 0 aliphatic carbocycles. The molecule has 1 saturated heterocycles. The fourth-order valence-corrected chi connectivity index (χ4v) is 3.22. The number of ether oxygens (including phenoxy) is 1. The first-order valence-corrected chi connectivity index (χ1v) is 8.26. The van der Waals surface area contributed by atoms with Gasteiger partial charge >= 0.3 is 0 Å². The molecule has 1 aromatic carbocycles. The van der Waals surface area contributed by atoms with Gasteiger partial charge in [0.2, 0.25) is 5.91 Å². The van der Waals surface area contributed by atoms with Gasteiger partial charge in [-0.1, -0.05) is 31.9 Å². The molecule has 1 aliphatic heterocycles. The van der Waals surface area contributed by atoms with Crippen LogP contribution >= 0.6 is 0 Å². The van der Waals surface area contributed by atoms with Crippen LogP contribution in [0.3, 0.4) is 0 Å². The summed E-state index contributed by atoms with van der Waals surface area (Å²) in [6.45, 7) is 3.60. The lowest BCUT2D eigenvalue weighted by Gasteiger charge is -2.32. The molecule has 0 saturated carbocycles. The van der Waals surface area contributed by atoms with Crippen LogP contribution in [-0.2, 0) is 4.79 Å². The molecule has 1 aliphatic rings. The summed E-state index contributed by atoms with van der Waals surface area (Å²) >= 11 is 0. The zero-order valence-corrected chi connectivity index (χ0v) is 14.0. The molecule has 0 bridgehead atoms. The van der Waals surface area contributed by atoms with E-state index in [0.29, 0.717) is 0 Å². The number of rotatable bonds is 5. The van der Waals surface area contributed by atoms with E-state index in [9.17, 15) is 4.79 Å². The van der Waals surface area contributed by atoms with Crippen LogP contribution in [0, 0.1) is 5.92 Å². The Balaban J connectivity index is 2.21. The molecule has 2 unspecified atom stereocenters. The first kappa shape index (κ1) is 16.8. The van der Waals surface area contributed by atoms with Crippen molar-refractivity contribution in [3.63, 3.8) is 0 Å². The highest BCUT2D eigenvalue weighted by Crippen LogP contribution is 2.32. The average Bonchev–Trinajstić information content (AvgIpc) is 2.80. The van der Waals surface area contributed by atoms with Gasteiger partial charge in [-0.3, -0.25) is 4.79 Å². The van der Waals surface area contributed by atoms with Crippen molar-refractivity contribution in [2.24, 2.45) is 5.92 Å². The summed E-state index contributed by atoms with van der Waals surface area (Å²) in [6, 6.07) is 8.36. The van der Waals surface area contributed by atoms with Gasteiger partial charge in [-0.15, -0.1) is 0 Å². The maximum absolute atomic E-state index is 12.8. The van der Waals surface area contributed by atoms with Crippen molar-refractivity contribution in [2.75, 3.05) is 27.2 Å². The fraction of sp³-hybridized carbons (Fsp3) is 0.611. The number of likely N-dealkylation sites (tertiary alicyclic amines) is 1. The van der Waals surface area contributed by atoms with E-state index in [-0.39, 0.29) is 17.9 Å². The van der Waals surface area contributed by atoms with Crippen molar-refractivity contribution >= 4 is 5.91 Å². The van der Waals surface area contributed by atoms with Gasteiger partial charge < -0.3 is 15.0 Å². The second-order valence-corrected chi connectivity index (χ2v) is 6.13. The lowest BCUT2D eigenvalue weighted by molar-refractivity contribution is -0.137. The van der Waals surface area contributed by atoms with Gasteiger partial charge in [0.1, 0.15) is 5.75 Å². The van der Waals surface area contributed by atoms with E-state index in [1.165, 1.54) is 18.4 Å². The molecule has 4 heteroatoms. The van der Waals surface area contributed by atoms with Crippen LogP contribution in [-0.4, -0.2) is 38.1 Å². The van der Waals surface area contributed by atoms with Gasteiger partial charge in [-0.05, 0) is 37.6 Å². The summed E-state index contributed by atoms with van der Waals surface area (Å²) in [5.41, 5.74) is 1.22. The van der Waals surface area contributed by atoms with Crippen LogP contribution in [0.5, 0.6) is 5.75 Å². The molecular formula is C18H28N2O2. The fourth-order valence-electron chi connectivity index (χ4n) is 3.22. The molecule has 122 valence electrons. The molecule has 2 rings (SSSR count). The molecule has 0 aromatic heterocycles. The smallest absolute Gasteiger partial charge is 0.227 e. The normalized spacial score (nSPS) is 20.3. The van der Waals surface area contributed by atoms with Crippen LogP contribution in [0.4, 0.5) is 0 Å². The van der Waals surface area contributed by atoms with Gasteiger partial charge in [-0.25, -0.2) is 0 Å². The molecule has 1 aromatic rings. The van der Waals surface area contributed by atoms with E-state index in [1.54, 1.807) is 7.11 Å². The Kier molecular flexibility index (Phi) is 6.25. The number of carbonyl (C=O) groups is 1. The number of hydrogen-bond acceptors (Lipinski definition) is 3. The second kappa shape index (κ2) is 8.18. The zero-order valence-electron chi connectivity index (χ0n) is 14.0. The SMILES string of the molecule is CNCC(C)C(=O)N1CCCCCC1c1ccc(OC)cc1. The van der Waals surface area contributed by atoms with E-state index >= 15 is 0 Å². The van der Waals surface area contributed by atoms with Crippen molar-refractivity contribution in [3.8, 4) is 5.75 Å². The highest BCUT2D eigenvalue weighted by Gasteiger charge is 2.29. The molecule has 1 fully saturated rings. The third-order valence-electron chi connectivity index (χ3n) is 4.47. The summed E-state index contributed by atoms with van der Waals surface area (Å²) in [4.78, 5) is 14.9. The lowest BCUT2D eigenvalue weighted by Crippen LogP contribution is -2.40. The Bertz CT molecular complexity index is 472. The first-order valence-electron chi connectivity index (χ1n) is 8.26. The summed E-state index contributed by atoms with van der Waals surface area (Å²) < 4.78 is 5.24. The molecule has 1 N–H and O–H groups in total. The number of carbonyl (C=O) groups excluding carboxylic acids is 1. The minimum atomic E-state index is 0.0175. The maximum atomic E-state index is 12.8. The molecule has 0 spiro atoms. The van der Waals surface area contributed by atoms with Gasteiger partial charge in [0, 0.05) is 19.0 Å². The molecule has 1 heterocycles. The Morgan fingerprint density at radius 2 is 2.05 bits per heavy atom. The minimum Gasteiger partial charge on any atom is -0.497 e. The highest BCUT2D eigenvalue weighted by molar-refractivity contribution is 5.79. The molecule has 0 radical (unpaired) electrons. The largest absolute Gasteiger partial charge is 0.497 e. The molecular weight excluding hydrogens is 276 g/mol. The molecule has 1 amide bonds. The van der Waals surface area contributed by atoms with Gasteiger partial charge in [0.15, 0.2) is 0 Å². The van der Waals surface area contributed by atoms with Crippen LogP contribution in [0.2, 0.25) is 0 Å². The van der Waals surface area contributed by atoms with Crippen molar-refractivity contribution in [1.82, 2.24) is 10.2 Å².